The Balaban J connectivity index is 1.83. The van der Waals surface area contributed by atoms with Crippen LogP contribution in [-0.4, -0.2) is 21.7 Å². The van der Waals surface area contributed by atoms with E-state index in [1.807, 2.05) is 0 Å². The van der Waals surface area contributed by atoms with Gasteiger partial charge in [0, 0.05) is 18.5 Å². The molecule has 2 unspecified atom stereocenters. The van der Waals surface area contributed by atoms with Crippen molar-refractivity contribution in [2.75, 3.05) is 6.54 Å². The van der Waals surface area contributed by atoms with Gasteiger partial charge in [0.05, 0.1) is 11.4 Å². The lowest BCUT2D eigenvalue weighted by molar-refractivity contribution is 0.481. The molecule has 1 fully saturated rings. The molecule has 1 saturated carbocycles. The maximum atomic E-state index is 6.29. The highest BCUT2D eigenvalue weighted by atomic mass is 35.5. The fourth-order valence-corrected chi connectivity index (χ4v) is 3.08. The summed E-state index contributed by atoms with van der Waals surface area (Å²) in [4.78, 5) is 0. The molecule has 0 bridgehead atoms. The summed E-state index contributed by atoms with van der Waals surface area (Å²) >= 11 is 6.29. The predicted molar refractivity (Wildman–Crippen MR) is 76.0 cm³/mol. The molecule has 0 aliphatic heterocycles. The van der Waals surface area contributed by atoms with Gasteiger partial charge in [0.2, 0.25) is 0 Å². The minimum Gasteiger partial charge on any atom is -0.311 e. The van der Waals surface area contributed by atoms with Crippen molar-refractivity contribution < 1.29 is 0 Å². The molecule has 1 aliphatic carbocycles. The summed E-state index contributed by atoms with van der Waals surface area (Å²) in [6.07, 6.45) is 4.75. The Hall–Kier alpha value is -0.540. The number of nitrogens with zero attached hydrogens (tertiary/aromatic N) is 2. The van der Waals surface area contributed by atoms with Crippen molar-refractivity contribution in [3.63, 3.8) is 0 Å². The first-order valence-electron chi connectivity index (χ1n) is 7.15. The summed E-state index contributed by atoms with van der Waals surface area (Å²) in [5.41, 5.74) is 2.48. The highest BCUT2D eigenvalue weighted by molar-refractivity contribution is 6.20. The van der Waals surface area contributed by atoms with Crippen LogP contribution in [0.3, 0.4) is 0 Å². The summed E-state index contributed by atoms with van der Waals surface area (Å²) in [7, 11) is 0. The SMILES string of the molecule is CCc1cc(CNCC2CCCC2Cl)n(CC)n1. The zero-order chi connectivity index (χ0) is 13.0. The maximum Gasteiger partial charge on any atom is 0.0625 e. The van der Waals surface area contributed by atoms with E-state index in [0.717, 1.165) is 26.1 Å². The zero-order valence-corrected chi connectivity index (χ0v) is 12.2. The van der Waals surface area contributed by atoms with Gasteiger partial charge >= 0.3 is 0 Å². The Bertz CT molecular complexity index is 375. The average Bonchev–Trinajstić information content (AvgIpc) is 2.96. The normalized spacial score (nSPS) is 23.7. The van der Waals surface area contributed by atoms with Crippen molar-refractivity contribution in [3.05, 3.63) is 17.5 Å². The van der Waals surface area contributed by atoms with E-state index in [-0.39, 0.29) is 0 Å². The van der Waals surface area contributed by atoms with E-state index in [2.05, 4.69) is 35.0 Å². The monoisotopic (exact) mass is 269 g/mol. The van der Waals surface area contributed by atoms with Gasteiger partial charge in [-0.25, -0.2) is 0 Å². The number of aryl methyl sites for hydroxylation is 2. The quantitative estimate of drug-likeness (QED) is 0.805. The van der Waals surface area contributed by atoms with Gasteiger partial charge in [-0.3, -0.25) is 4.68 Å². The van der Waals surface area contributed by atoms with E-state index in [9.17, 15) is 0 Å². The van der Waals surface area contributed by atoms with Crippen molar-refractivity contribution >= 4 is 11.6 Å². The molecule has 1 aliphatic rings. The maximum absolute atomic E-state index is 6.29. The van der Waals surface area contributed by atoms with Crippen molar-refractivity contribution in [2.24, 2.45) is 5.92 Å². The third-order valence-electron chi connectivity index (χ3n) is 3.85. The second kappa shape index (κ2) is 6.58. The van der Waals surface area contributed by atoms with E-state index in [1.54, 1.807) is 0 Å². The minimum atomic E-state index is 0.375. The molecule has 1 N–H and O–H groups in total. The van der Waals surface area contributed by atoms with E-state index >= 15 is 0 Å². The Labute approximate surface area is 115 Å². The molecule has 0 spiro atoms. The molecule has 0 radical (unpaired) electrons. The number of hydrogen-bond donors (Lipinski definition) is 1. The molecule has 1 aromatic rings. The Kier molecular flexibility index (Phi) is 5.07. The zero-order valence-electron chi connectivity index (χ0n) is 11.5. The van der Waals surface area contributed by atoms with E-state index < -0.39 is 0 Å². The molecule has 1 heterocycles. The second-order valence-electron chi connectivity index (χ2n) is 5.13. The Morgan fingerprint density at radius 2 is 2.28 bits per heavy atom. The number of halogens is 1. The van der Waals surface area contributed by atoms with Gasteiger partial charge in [-0.2, -0.15) is 5.10 Å². The van der Waals surface area contributed by atoms with E-state index in [4.69, 9.17) is 11.6 Å². The van der Waals surface area contributed by atoms with Crippen LogP contribution >= 0.6 is 11.6 Å². The molecule has 102 valence electrons. The molecule has 0 amide bonds. The fourth-order valence-electron chi connectivity index (χ4n) is 2.71. The molecular formula is C14H24ClN3. The molecule has 2 rings (SSSR count). The molecule has 1 aromatic heterocycles. The lowest BCUT2D eigenvalue weighted by Gasteiger charge is -2.14. The number of alkyl halides is 1. The molecular weight excluding hydrogens is 246 g/mol. The van der Waals surface area contributed by atoms with E-state index in [1.165, 1.54) is 30.7 Å². The standard InChI is InChI=1S/C14H24ClN3/c1-3-12-8-13(18(4-2)17-12)10-16-9-11-6-5-7-14(11)15/h8,11,14,16H,3-7,9-10H2,1-2H3. The van der Waals surface area contributed by atoms with Crippen LogP contribution in [-0.2, 0) is 19.5 Å². The van der Waals surface area contributed by atoms with Gasteiger partial charge in [0.15, 0.2) is 0 Å². The van der Waals surface area contributed by atoms with Crippen LogP contribution in [0.2, 0.25) is 0 Å². The van der Waals surface area contributed by atoms with Gasteiger partial charge < -0.3 is 5.32 Å². The summed E-state index contributed by atoms with van der Waals surface area (Å²) < 4.78 is 2.10. The fraction of sp³-hybridized carbons (Fsp3) is 0.786. The number of nitrogens with one attached hydrogen (secondary N) is 1. The third-order valence-corrected chi connectivity index (χ3v) is 4.43. The Morgan fingerprint density at radius 1 is 1.44 bits per heavy atom. The van der Waals surface area contributed by atoms with Gasteiger partial charge in [-0.1, -0.05) is 13.3 Å². The predicted octanol–water partition coefficient (Wildman–Crippen LogP) is 2.96. The summed E-state index contributed by atoms with van der Waals surface area (Å²) in [6.45, 7) is 7.17. The largest absolute Gasteiger partial charge is 0.311 e. The third kappa shape index (κ3) is 3.27. The smallest absolute Gasteiger partial charge is 0.0625 e. The number of aromatic nitrogens is 2. The van der Waals surface area contributed by atoms with Crippen molar-refractivity contribution in [3.8, 4) is 0 Å². The van der Waals surface area contributed by atoms with Crippen molar-refractivity contribution in [1.29, 1.82) is 0 Å². The second-order valence-corrected chi connectivity index (χ2v) is 5.69. The summed E-state index contributed by atoms with van der Waals surface area (Å²) in [6, 6.07) is 2.21. The van der Waals surface area contributed by atoms with Gasteiger partial charge in [0.1, 0.15) is 0 Å². The van der Waals surface area contributed by atoms with Crippen LogP contribution in [0.4, 0.5) is 0 Å². The first-order chi connectivity index (χ1) is 8.74. The highest BCUT2D eigenvalue weighted by Crippen LogP contribution is 2.29. The van der Waals surface area contributed by atoms with Crippen LogP contribution in [0, 0.1) is 5.92 Å². The molecule has 18 heavy (non-hydrogen) atoms. The molecule has 3 nitrogen and oxygen atoms in total. The van der Waals surface area contributed by atoms with Crippen LogP contribution in [0.25, 0.3) is 0 Å². The lowest BCUT2D eigenvalue weighted by Crippen LogP contribution is -2.26. The summed E-state index contributed by atoms with van der Waals surface area (Å²) in [5, 5.41) is 8.48. The molecule has 0 aromatic carbocycles. The topological polar surface area (TPSA) is 29.9 Å². The van der Waals surface area contributed by atoms with Crippen LogP contribution < -0.4 is 5.32 Å². The summed E-state index contributed by atoms with van der Waals surface area (Å²) in [5.74, 6) is 0.648. The number of rotatable bonds is 6. The first kappa shape index (κ1) is 13.9. The first-order valence-corrected chi connectivity index (χ1v) is 7.58. The average molecular weight is 270 g/mol. The highest BCUT2D eigenvalue weighted by Gasteiger charge is 2.24. The van der Waals surface area contributed by atoms with Crippen LogP contribution in [0.1, 0.15) is 44.5 Å². The van der Waals surface area contributed by atoms with Gasteiger partial charge in [0.25, 0.3) is 0 Å². The molecule has 0 saturated heterocycles. The van der Waals surface area contributed by atoms with E-state index in [0.29, 0.717) is 11.3 Å². The van der Waals surface area contributed by atoms with Crippen LogP contribution in [0.5, 0.6) is 0 Å². The number of hydrogen-bond acceptors (Lipinski definition) is 2. The lowest BCUT2D eigenvalue weighted by atomic mass is 10.1. The van der Waals surface area contributed by atoms with Crippen LogP contribution in [0.15, 0.2) is 6.07 Å². The van der Waals surface area contributed by atoms with Crippen molar-refractivity contribution in [1.82, 2.24) is 15.1 Å². The van der Waals surface area contributed by atoms with Crippen molar-refractivity contribution in [2.45, 2.75) is 58.0 Å². The minimum absolute atomic E-state index is 0.375. The molecule has 4 heteroatoms. The van der Waals surface area contributed by atoms with Gasteiger partial charge in [-0.05, 0) is 44.7 Å². The molecule has 2 atom stereocenters. The van der Waals surface area contributed by atoms with Gasteiger partial charge in [-0.15, -0.1) is 11.6 Å². The Morgan fingerprint density at radius 3 is 2.89 bits per heavy atom.